The van der Waals surface area contributed by atoms with Crippen LogP contribution in [-0.2, 0) is 17.4 Å². The Balaban J connectivity index is 1.59. The monoisotopic (exact) mass is 530 g/mol. The summed E-state index contributed by atoms with van der Waals surface area (Å²) in [6, 6.07) is 16.6. The van der Waals surface area contributed by atoms with Crippen molar-refractivity contribution >= 4 is 29.0 Å². The summed E-state index contributed by atoms with van der Waals surface area (Å²) < 4.78 is 39.5. The van der Waals surface area contributed by atoms with Crippen molar-refractivity contribution in [3.8, 4) is 0 Å². The molecule has 1 atom stereocenters. The number of anilines is 1. The minimum Gasteiger partial charge on any atom is -0.481 e. The van der Waals surface area contributed by atoms with E-state index in [0.717, 1.165) is 12.1 Å². The fraction of sp³-hybridized carbons (Fsp3) is 0.286. The molecule has 0 amide bonds. The molecule has 194 valence electrons. The number of carboxylic acids is 1. The Bertz CT molecular complexity index is 1290. The Morgan fingerprint density at radius 1 is 0.973 bits per heavy atom. The highest BCUT2D eigenvalue weighted by atomic mass is 35.5. The maximum absolute atomic E-state index is 13.4. The maximum Gasteiger partial charge on any atom is 0.416 e. The van der Waals surface area contributed by atoms with E-state index in [1.165, 1.54) is 6.07 Å². The summed E-state index contributed by atoms with van der Waals surface area (Å²) in [6.45, 7) is 3.99. The molecule has 0 aromatic heterocycles. The zero-order valence-electron chi connectivity index (χ0n) is 20.1. The second kappa shape index (κ2) is 10.9. The lowest BCUT2D eigenvalue weighted by atomic mass is 9.88. The van der Waals surface area contributed by atoms with E-state index in [9.17, 15) is 27.9 Å². The summed E-state index contributed by atoms with van der Waals surface area (Å²) in [7, 11) is 0. The molecule has 0 aliphatic carbocycles. The van der Waals surface area contributed by atoms with E-state index in [1.807, 2.05) is 11.8 Å². The van der Waals surface area contributed by atoms with Gasteiger partial charge in [-0.05, 0) is 60.5 Å². The van der Waals surface area contributed by atoms with Gasteiger partial charge in [-0.2, -0.15) is 13.2 Å². The SMILES string of the molecule is CC(c1c(CC(=O)O)cccc1C(=O)c1ccc(Cl)cc1)N1CCN(c2cccc(C(F)(F)F)c2)CC1. The molecule has 1 unspecified atom stereocenters. The fourth-order valence-corrected chi connectivity index (χ4v) is 4.93. The summed E-state index contributed by atoms with van der Waals surface area (Å²) in [5.74, 6) is -1.23. The number of rotatable bonds is 7. The van der Waals surface area contributed by atoms with Gasteiger partial charge in [0.15, 0.2) is 5.78 Å². The number of carboxylic acid groups (broad SMARTS) is 1. The van der Waals surface area contributed by atoms with Gasteiger partial charge in [0.05, 0.1) is 12.0 Å². The first-order valence-electron chi connectivity index (χ1n) is 11.8. The number of carbonyl (C=O) groups is 2. The Kier molecular flexibility index (Phi) is 7.90. The second-order valence-corrected chi connectivity index (χ2v) is 9.47. The number of halogens is 4. The maximum atomic E-state index is 13.4. The number of hydrogen-bond donors (Lipinski definition) is 1. The van der Waals surface area contributed by atoms with E-state index >= 15 is 0 Å². The molecule has 3 aromatic carbocycles. The average Bonchev–Trinajstić information content (AvgIpc) is 2.87. The van der Waals surface area contributed by atoms with Crippen LogP contribution in [-0.4, -0.2) is 47.9 Å². The molecule has 1 N–H and O–H groups in total. The first-order valence-corrected chi connectivity index (χ1v) is 12.2. The van der Waals surface area contributed by atoms with Crippen molar-refractivity contribution < 1.29 is 27.9 Å². The predicted octanol–water partition coefficient (Wildman–Crippen LogP) is 6.10. The van der Waals surface area contributed by atoms with Gasteiger partial charge in [0.1, 0.15) is 0 Å². The molecule has 1 saturated heterocycles. The van der Waals surface area contributed by atoms with Crippen molar-refractivity contribution in [3.05, 3.63) is 99.6 Å². The molecule has 0 saturated carbocycles. The minimum absolute atomic E-state index is 0.228. The zero-order valence-corrected chi connectivity index (χ0v) is 20.9. The Morgan fingerprint density at radius 3 is 2.24 bits per heavy atom. The Labute approximate surface area is 218 Å². The fourth-order valence-electron chi connectivity index (χ4n) is 4.81. The topological polar surface area (TPSA) is 60.9 Å². The van der Waals surface area contributed by atoms with Gasteiger partial charge in [-0.25, -0.2) is 0 Å². The van der Waals surface area contributed by atoms with Gasteiger partial charge < -0.3 is 10.0 Å². The molecule has 4 rings (SSSR count). The normalized spacial score (nSPS) is 15.4. The van der Waals surface area contributed by atoms with Crippen molar-refractivity contribution in [2.75, 3.05) is 31.1 Å². The molecule has 3 aromatic rings. The van der Waals surface area contributed by atoms with E-state index in [2.05, 4.69) is 4.90 Å². The number of hydrogen-bond acceptors (Lipinski definition) is 4. The Morgan fingerprint density at radius 2 is 1.62 bits per heavy atom. The highest BCUT2D eigenvalue weighted by Gasteiger charge is 2.32. The van der Waals surface area contributed by atoms with E-state index in [-0.39, 0.29) is 18.2 Å². The molecule has 0 radical (unpaired) electrons. The van der Waals surface area contributed by atoms with Crippen LogP contribution in [0.3, 0.4) is 0 Å². The smallest absolute Gasteiger partial charge is 0.416 e. The molecule has 9 heteroatoms. The second-order valence-electron chi connectivity index (χ2n) is 9.03. The highest BCUT2D eigenvalue weighted by molar-refractivity contribution is 6.30. The molecule has 1 heterocycles. The lowest BCUT2D eigenvalue weighted by molar-refractivity contribution is -0.138. The summed E-state index contributed by atoms with van der Waals surface area (Å²) in [5.41, 5.74) is 1.90. The van der Waals surface area contributed by atoms with Gasteiger partial charge >= 0.3 is 12.1 Å². The van der Waals surface area contributed by atoms with Crippen molar-refractivity contribution in [2.24, 2.45) is 0 Å². The third kappa shape index (κ3) is 6.14. The number of piperazine rings is 1. The molecular weight excluding hydrogens is 505 g/mol. The van der Waals surface area contributed by atoms with E-state index < -0.39 is 17.7 Å². The van der Waals surface area contributed by atoms with Crippen LogP contribution in [0.15, 0.2) is 66.7 Å². The minimum atomic E-state index is -4.41. The van der Waals surface area contributed by atoms with E-state index in [4.69, 9.17) is 11.6 Å². The van der Waals surface area contributed by atoms with Gasteiger partial charge in [-0.3, -0.25) is 14.5 Å². The van der Waals surface area contributed by atoms with Gasteiger partial charge in [0, 0.05) is 54.1 Å². The van der Waals surface area contributed by atoms with Crippen LogP contribution in [0.5, 0.6) is 0 Å². The van der Waals surface area contributed by atoms with Gasteiger partial charge in [0.2, 0.25) is 0 Å². The predicted molar refractivity (Wildman–Crippen MR) is 136 cm³/mol. The van der Waals surface area contributed by atoms with Crippen LogP contribution in [0.25, 0.3) is 0 Å². The number of aliphatic carboxylic acids is 1. The van der Waals surface area contributed by atoms with Crippen molar-refractivity contribution in [1.29, 1.82) is 0 Å². The van der Waals surface area contributed by atoms with Crippen molar-refractivity contribution in [1.82, 2.24) is 4.90 Å². The molecule has 0 spiro atoms. The average molecular weight is 531 g/mol. The quantitative estimate of drug-likeness (QED) is 0.374. The first-order chi connectivity index (χ1) is 17.5. The van der Waals surface area contributed by atoms with E-state index in [1.54, 1.807) is 48.5 Å². The zero-order chi connectivity index (χ0) is 26.7. The summed E-state index contributed by atoms with van der Waals surface area (Å²) in [5, 5.41) is 10.0. The van der Waals surface area contributed by atoms with E-state index in [0.29, 0.717) is 59.1 Å². The van der Waals surface area contributed by atoms with Crippen molar-refractivity contribution in [3.63, 3.8) is 0 Å². The number of carbonyl (C=O) groups excluding carboxylic acids is 1. The van der Waals surface area contributed by atoms with Gasteiger partial charge in [-0.15, -0.1) is 0 Å². The largest absolute Gasteiger partial charge is 0.481 e. The number of alkyl halides is 3. The third-order valence-electron chi connectivity index (χ3n) is 6.71. The number of benzene rings is 3. The van der Waals surface area contributed by atoms with Crippen molar-refractivity contribution in [2.45, 2.75) is 25.6 Å². The molecule has 0 bridgehead atoms. The summed E-state index contributed by atoms with van der Waals surface area (Å²) in [6.07, 6.45) is -4.64. The van der Waals surface area contributed by atoms with Crippen LogP contribution in [0.1, 0.15) is 45.6 Å². The first kappa shape index (κ1) is 26.7. The van der Waals surface area contributed by atoms with Crippen LogP contribution in [0, 0.1) is 0 Å². The molecule has 1 aliphatic heterocycles. The highest BCUT2D eigenvalue weighted by Crippen LogP contribution is 2.34. The van der Waals surface area contributed by atoms with Crippen LogP contribution in [0.2, 0.25) is 5.02 Å². The lowest BCUT2D eigenvalue weighted by Gasteiger charge is -2.40. The van der Waals surface area contributed by atoms with Gasteiger partial charge in [0.25, 0.3) is 0 Å². The molecule has 1 fully saturated rings. The van der Waals surface area contributed by atoms with Crippen LogP contribution >= 0.6 is 11.6 Å². The number of ketones is 1. The van der Waals surface area contributed by atoms with Gasteiger partial charge in [-0.1, -0.05) is 35.9 Å². The Hall–Kier alpha value is -3.36. The van der Waals surface area contributed by atoms with Crippen LogP contribution in [0.4, 0.5) is 18.9 Å². The third-order valence-corrected chi connectivity index (χ3v) is 6.96. The molecule has 37 heavy (non-hydrogen) atoms. The lowest BCUT2D eigenvalue weighted by Crippen LogP contribution is -2.47. The number of nitrogens with zero attached hydrogens (tertiary/aromatic N) is 2. The molecular formula is C28H26ClF3N2O3. The standard InChI is InChI=1S/C28H26ClF3N2O3/c1-18(33-12-14-34(15-13-33)23-6-3-5-21(17-23)28(30,31)32)26-20(16-25(35)36)4-2-7-24(26)27(37)19-8-10-22(29)11-9-19/h2-11,17-18H,12-16H2,1H3,(H,35,36). The summed E-state index contributed by atoms with van der Waals surface area (Å²) in [4.78, 5) is 29.1. The van der Waals surface area contributed by atoms with Crippen LogP contribution < -0.4 is 4.90 Å². The molecule has 1 aliphatic rings. The summed E-state index contributed by atoms with van der Waals surface area (Å²) >= 11 is 5.97. The molecule has 5 nitrogen and oxygen atoms in total.